The first-order chi connectivity index (χ1) is 8.79. The van der Waals surface area contributed by atoms with Crippen molar-refractivity contribution in [3.63, 3.8) is 0 Å². The van der Waals surface area contributed by atoms with E-state index in [0.29, 0.717) is 0 Å². The summed E-state index contributed by atoms with van der Waals surface area (Å²) in [6, 6.07) is 6.22. The van der Waals surface area contributed by atoms with Crippen LogP contribution in [0.1, 0.15) is 18.4 Å². The summed E-state index contributed by atoms with van der Waals surface area (Å²) in [6.45, 7) is 4.39. The van der Waals surface area contributed by atoms with E-state index in [2.05, 4.69) is 38.7 Å². The lowest BCUT2D eigenvalue weighted by molar-refractivity contribution is 0.412. The normalized spacial score (nSPS) is 19.1. The zero-order valence-corrected chi connectivity index (χ0v) is 12.4. The zero-order chi connectivity index (χ0) is 12.8. The highest BCUT2D eigenvalue weighted by Gasteiger charge is 2.13. The van der Waals surface area contributed by atoms with E-state index in [9.17, 15) is 0 Å². The van der Waals surface area contributed by atoms with Crippen molar-refractivity contribution < 1.29 is 4.74 Å². The van der Waals surface area contributed by atoms with Crippen LogP contribution in [0.15, 0.2) is 22.7 Å². The average Bonchev–Trinajstić information content (AvgIpc) is 2.88. The summed E-state index contributed by atoms with van der Waals surface area (Å²) in [6.07, 6.45) is 2.60. The predicted octanol–water partition coefficient (Wildman–Crippen LogP) is 2.55. The Hall–Kier alpha value is -0.580. The lowest BCUT2D eigenvalue weighted by Crippen LogP contribution is -2.19. The minimum atomic E-state index is 0.861. The third-order valence-electron chi connectivity index (χ3n) is 3.44. The van der Waals surface area contributed by atoms with Gasteiger partial charge in [0.1, 0.15) is 5.75 Å². The van der Waals surface area contributed by atoms with Gasteiger partial charge in [0.25, 0.3) is 0 Å². The molecule has 0 radical (unpaired) electrons. The number of ether oxygens (including phenoxy) is 1. The Balaban J connectivity index is 1.71. The Morgan fingerprint density at radius 2 is 2.39 bits per heavy atom. The maximum absolute atomic E-state index is 5.22. The third kappa shape index (κ3) is 3.97. The van der Waals surface area contributed by atoms with Gasteiger partial charge in [0.2, 0.25) is 0 Å². The van der Waals surface area contributed by atoms with E-state index in [-0.39, 0.29) is 0 Å². The largest absolute Gasteiger partial charge is 0.496 e. The maximum Gasteiger partial charge on any atom is 0.133 e. The molecule has 0 amide bonds. The monoisotopic (exact) mass is 312 g/mol. The number of nitrogens with one attached hydrogen (secondary N) is 2. The van der Waals surface area contributed by atoms with Gasteiger partial charge >= 0.3 is 0 Å². The Kier molecular flexibility index (Phi) is 5.47. The Morgan fingerprint density at radius 3 is 3.06 bits per heavy atom. The zero-order valence-electron chi connectivity index (χ0n) is 10.8. The van der Waals surface area contributed by atoms with Gasteiger partial charge in [-0.2, -0.15) is 0 Å². The SMILES string of the molecule is COc1ccc(CNCCC2CCNC2)cc1Br. The van der Waals surface area contributed by atoms with Crippen LogP contribution in [0.4, 0.5) is 0 Å². The fourth-order valence-corrected chi connectivity index (χ4v) is 2.91. The molecule has 1 aliphatic heterocycles. The molecular weight excluding hydrogens is 292 g/mol. The standard InChI is InChI=1S/C14H21BrN2O/c1-18-14-3-2-12(8-13(14)15)10-17-7-5-11-4-6-16-9-11/h2-3,8,11,16-17H,4-7,9-10H2,1H3. The van der Waals surface area contributed by atoms with Crippen molar-refractivity contribution in [1.82, 2.24) is 10.6 Å². The molecular formula is C14H21BrN2O. The molecule has 1 fully saturated rings. The number of hydrogen-bond acceptors (Lipinski definition) is 3. The second-order valence-corrected chi connectivity index (χ2v) is 5.65. The molecule has 1 heterocycles. The summed E-state index contributed by atoms with van der Waals surface area (Å²) in [4.78, 5) is 0. The summed E-state index contributed by atoms with van der Waals surface area (Å²) in [5.41, 5.74) is 1.28. The molecule has 1 saturated heterocycles. The molecule has 1 atom stereocenters. The highest BCUT2D eigenvalue weighted by atomic mass is 79.9. The molecule has 4 heteroatoms. The smallest absolute Gasteiger partial charge is 0.133 e. The van der Waals surface area contributed by atoms with Crippen LogP contribution in [0.2, 0.25) is 0 Å². The molecule has 1 aromatic carbocycles. The molecule has 1 aromatic rings. The van der Waals surface area contributed by atoms with Gasteiger partial charge in [-0.25, -0.2) is 0 Å². The summed E-state index contributed by atoms with van der Waals surface area (Å²) < 4.78 is 6.24. The molecule has 2 rings (SSSR count). The van der Waals surface area contributed by atoms with Crippen LogP contribution in [-0.4, -0.2) is 26.7 Å². The van der Waals surface area contributed by atoms with Crippen LogP contribution < -0.4 is 15.4 Å². The number of rotatable bonds is 6. The van der Waals surface area contributed by atoms with Crippen molar-refractivity contribution in [2.75, 3.05) is 26.7 Å². The molecule has 2 N–H and O–H groups in total. The van der Waals surface area contributed by atoms with Crippen molar-refractivity contribution >= 4 is 15.9 Å². The van der Waals surface area contributed by atoms with E-state index in [0.717, 1.165) is 29.2 Å². The predicted molar refractivity (Wildman–Crippen MR) is 78.0 cm³/mol. The van der Waals surface area contributed by atoms with Crippen molar-refractivity contribution in [2.45, 2.75) is 19.4 Å². The van der Waals surface area contributed by atoms with Crippen molar-refractivity contribution in [3.05, 3.63) is 28.2 Å². The van der Waals surface area contributed by atoms with E-state index in [4.69, 9.17) is 4.74 Å². The van der Waals surface area contributed by atoms with Gasteiger partial charge < -0.3 is 15.4 Å². The van der Waals surface area contributed by atoms with Gasteiger partial charge in [0.15, 0.2) is 0 Å². The van der Waals surface area contributed by atoms with E-state index >= 15 is 0 Å². The van der Waals surface area contributed by atoms with E-state index in [1.807, 2.05) is 6.07 Å². The van der Waals surface area contributed by atoms with Crippen LogP contribution in [0.5, 0.6) is 5.75 Å². The fourth-order valence-electron chi connectivity index (χ4n) is 2.32. The molecule has 0 aromatic heterocycles. The first-order valence-corrected chi connectivity index (χ1v) is 7.32. The summed E-state index contributed by atoms with van der Waals surface area (Å²) in [5.74, 6) is 1.75. The molecule has 3 nitrogen and oxygen atoms in total. The van der Waals surface area contributed by atoms with Crippen LogP contribution in [0.3, 0.4) is 0 Å². The highest BCUT2D eigenvalue weighted by Crippen LogP contribution is 2.25. The van der Waals surface area contributed by atoms with Crippen molar-refractivity contribution in [1.29, 1.82) is 0 Å². The summed E-state index contributed by atoms with van der Waals surface area (Å²) in [7, 11) is 1.69. The maximum atomic E-state index is 5.22. The number of methoxy groups -OCH3 is 1. The lowest BCUT2D eigenvalue weighted by Gasteiger charge is -2.10. The molecule has 0 saturated carbocycles. The van der Waals surface area contributed by atoms with Crippen LogP contribution >= 0.6 is 15.9 Å². The number of halogens is 1. The topological polar surface area (TPSA) is 33.3 Å². The molecule has 0 spiro atoms. The molecule has 0 aliphatic carbocycles. The average molecular weight is 313 g/mol. The van der Waals surface area contributed by atoms with Crippen LogP contribution in [0, 0.1) is 5.92 Å². The van der Waals surface area contributed by atoms with E-state index < -0.39 is 0 Å². The quantitative estimate of drug-likeness (QED) is 0.792. The highest BCUT2D eigenvalue weighted by molar-refractivity contribution is 9.10. The van der Waals surface area contributed by atoms with Gasteiger partial charge in [-0.05, 0) is 72.0 Å². The van der Waals surface area contributed by atoms with Gasteiger partial charge in [0, 0.05) is 6.54 Å². The number of benzene rings is 1. The van der Waals surface area contributed by atoms with Gasteiger partial charge in [0.05, 0.1) is 11.6 Å². The Labute approximate surface area is 117 Å². The Bertz CT molecular complexity index is 378. The van der Waals surface area contributed by atoms with Crippen molar-refractivity contribution in [3.8, 4) is 5.75 Å². The number of hydrogen-bond donors (Lipinski definition) is 2. The van der Waals surface area contributed by atoms with Gasteiger partial charge in [-0.15, -0.1) is 0 Å². The molecule has 1 unspecified atom stereocenters. The first-order valence-electron chi connectivity index (χ1n) is 6.53. The van der Waals surface area contributed by atoms with E-state index in [1.165, 1.54) is 31.5 Å². The second kappa shape index (κ2) is 7.12. The van der Waals surface area contributed by atoms with Gasteiger partial charge in [-0.1, -0.05) is 6.07 Å². The third-order valence-corrected chi connectivity index (χ3v) is 4.06. The molecule has 0 bridgehead atoms. The van der Waals surface area contributed by atoms with Gasteiger partial charge in [-0.3, -0.25) is 0 Å². The second-order valence-electron chi connectivity index (χ2n) is 4.79. The first kappa shape index (κ1) is 13.8. The summed E-state index contributed by atoms with van der Waals surface area (Å²) in [5, 5.41) is 6.91. The van der Waals surface area contributed by atoms with Crippen LogP contribution in [-0.2, 0) is 6.54 Å². The Morgan fingerprint density at radius 1 is 1.50 bits per heavy atom. The molecule has 100 valence electrons. The minimum Gasteiger partial charge on any atom is -0.496 e. The van der Waals surface area contributed by atoms with Crippen LogP contribution in [0.25, 0.3) is 0 Å². The molecule has 18 heavy (non-hydrogen) atoms. The summed E-state index contributed by atoms with van der Waals surface area (Å²) >= 11 is 3.51. The fraction of sp³-hybridized carbons (Fsp3) is 0.571. The minimum absolute atomic E-state index is 0.861. The molecule has 1 aliphatic rings. The van der Waals surface area contributed by atoms with E-state index in [1.54, 1.807) is 7.11 Å². The lowest BCUT2D eigenvalue weighted by atomic mass is 10.1. The van der Waals surface area contributed by atoms with Crippen molar-refractivity contribution in [2.24, 2.45) is 5.92 Å².